The van der Waals surface area contributed by atoms with Crippen LogP contribution in [0, 0.1) is 0 Å². The number of para-hydroxylation sites is 2. The highest BCUT2D eigenvalue weighted by molar-refractivity contribution is 5.73. The van der Waals surface area contributed by atoms with Crippen LogP contribution in [0.2, 0.25) is 0 Å². The Morgan fingerprint density at radius 2 is 1.95 bits per heavy atom. The predicted octanol–water partition coefficient (Wildman–Crippen LogP) is 0.841. The second-order valence-corrected chi connectivity index (χ2v) is 4.28. The Labute approximate surface area is 109 Å². The number of anilines is 1. The number of aromatic amines is 1. The van der Waals surface area contributed by atoms with E-state index in [1.165, 1.54) is 0 Å². The summed E-state index contributed by atoms with van der Waals surface area (Å²) >= 11 is 0. The maximum Gasteiger partial charge on any atom is 0.274 e. The Kier molecular flexibility index (Phi) is 2.72. The van der Waals surface area contributed by atoms with Gasteiger partial charge in [-0.2, -0.15) is 0 Å². The molecule has 2 aromatic heterocycles. The number of rotatable bonds is 2. The van der Waals surface area contributed by atoms with Crippen molar-refractivity contribution >= 4 is 16.9 Å². The number of pyridine rings is 1. The fourth-order valence-corrected chi connectivity index (χ4v) is 1.97. The normalized spacial score (nSPS) is 10.7. The van der Waals surface area contributed by atoms with Crippen molar-refractivity contribution in [3.63, 3.8) is 0 Å². The van der Waals surface area contributed by atoms with Gasteiger partial charge in [-0.05, 0) is 18.2 Å². The van der Waals surface area contributed by atoms with E-state index in [0.717, 1.165) is 11.0 Å². The number of nitrogens with one attached hydrogen (secondary N) is 1. The van der Waals surface area contributed by atoms with Crippen LogP contribution in [0.4, 0.5) is 5.82 Å². The zero-order chi connectivity index (χ0) is 13.2. The monoisotopic (exact) mass is 253 g/mol. The molecule has 3 N–H and O–H groups in total. The van der Waals surface area contributed by atoms with E-state index in [2.05, 4.69) is 9.97 Å². The first kappa shape index (κ1) is 11.4. The van der Waals surface area contributed by atoms with E-state index in [9.17, 15) is 4.79 Å². The number of aromatic nitrogens is 3. The Morgan fingerprint density at radius 3 is 2.79 bits per heavy atom. The Bertz CT molecular complexity index is 795. The fourth-order valence-electron chi connectivity index (χ4n) is 1.97. The molecule has 0 aliphatic carbocycles. The summed E-state index contributed by atoms with van der Waals surface area (Å²) in [4.78, 5) is 19.2. The number of hydrogen-bond donors (Lipinski definition) is 2. The van der Waals surface area contributed by atoms with E-state index in [1.807, 2.05) is 42.6 Å². The molecule has 0 amide bonds. The zero-order valence-electron chi connectivity index (χ0n) is 10.2. The van der Waals surface area contributed by atoms with Crippen molar-refractivity contribution in [3.05, 3.63) is 64.7 Å². The summed E-state index contributed by atoms with van der Waals surface area (Å²) in [6.07, 6.45) is 1.83. The van der Waals surface area contributed by atoms with Crippen LogP contribution in [0.15, 0.2) is 53.5 Å². The summed E-state index contributed by atoms with van der Waals surface area (Å²) in [6.45, 7) is 0.354. The Morgan fingerprint density at radius 1 is 1.16 bits per heavy atom. The molecule has 0 unspecified atom stereocenters. The maximum absolute atomic E-state index is 12.0. The van der Waals surface area contributed by atoms with Gasteiger partial charge in [0.15, 0.2) is 0 Å². The summed E-state index contributed by atoms with van der Waals surface area (Å²) in [7, 11) is 0. The van der Waals surface area contributed by atoms with Crippen LogP contribution in [-0.4, -0.2) is 9.97 Å². The topological polar surface area (TPSA) is 75.7 Å². The molecule has 19 heavy (non-hydrogen) atoms. The summed E-state index contributed by atoms with van der Waals surface area (Å²) in [5.41, 5.74) is 7.62. The molecule has 0 radical (unpaired) electrons. The highest BCUT2D eigenvalue weighted by Gasteiger charge is 2.10. The minimum absolute atomic E-state index is 0.186. The number of nitrogens with zero attached hydrogens (tertiary/aromatic N) is 2. The zero-order valence-corrected chi connectivity index (χ0v) is 10.2. The molecule has 0 bridgehead atoms. The second kappa shape index (κ2) is 4.53. The molecule has 0 aliphatic heterocycles. The van der Waals surface area contributed by atoms with Crippen LogP contribution < -0.4 is 15.9 Å². The Balaban J connectivity index is 2.08. The first-order valence-corrected chi connectivity index (χ1v) is 5.96. The standard InChI is InChI=1S/C14H12N4O/c15-13-7-3-4-8-18(13)9-12-14(19)17-11-6-2-1-5-10(11)16-12/h1-8,15H,9H2,(H,17,19)/p+1. The SMILES string of the molecule is Nc1cccc[n+]1Cc1nc2ccccc2[nH]c1=O. The molecule has 1 aromatic carbocycles. The van der Waals surface area contributed by atoms with Gasteiger partial charge in [-0.1, -0.05) is 18.2 Å². The quantitative estimate of drug-likeness (QED) is 0.664. The molecule has 0 atom stereocenters. The molecular weight excluding hydrogens is 240 g/mol. The number of nitrogens with two attached hydrogens (primary N) is 1. The lowest BCUT2D eigenvalue weighted by molar-refractivity contribution is -0.674. The van der Waals surface area contributed by atoms with Gasteiger partial charge in [-0.3, -0.25) is 10.5 Å². The van der Waals surface area contributed by atoms with Crippen molar-refractivity contribution in [1.82, 2.24) is 9.97 Å². The van der Waals surface area contributed by atoms with Gasteiger partial charge in [0.25, 0.3) is 11.4 Å². The molecular formula is C14H13N4O+. The van der Waals surface area contributed by atoms with Gasteiger partial charge in [0, 0.05) is 6.07 Å². The van der Waals surface area contributed by atoms with Gasteiger partial charge in [0.1, 0.15) is 12.2 Å². The van der Waals surface area contributed by atoms with Crippen molar-refractivity contribution in [3.8, 4) is 0 Å². The smallest absolute Gasteiger partial charge is 0.274 e. The van der Waals surface area contributed by atoms with Gasteiger partial charge < -0.3 is 4.98 Å². The van der Waals surface area contributed by atoms with E-state index in [0.29, 0.717) is 18.1 Å². The second-order valence-electron chi connectivity index (χ2n) is 4.28. The van der Waals surface area contributed by atoms with Gasteiger partial charge in [0.2, 0.25) is 0 Å². The van der Waals surface area contributed by atoms with Crippen molar-refractivity contribution in [2.75, 3.05) is 5.73 Å². The number of H-pyrrole nitrogens is 1. The maximum atomic E-state index is 12.0. The van der Waals surface area contributed by atoms with Crippen LogP contribution >= 0.6 is 0 Å². The van der Waals surface area contributed by atoms with E-state index in [-0.39, 0.29) is 5.56 Å². The number of fused-ring (bicyclic) bond motifs is 1. The number of nitrogen functional groups attached to an aromatic ring is 1. The molecule has 3 aromatic rings. The molecule has 2 heterocycles. The van der Waals surface area contributed by atoms with Gasteiger partial charge >= 0.3 is 0 Å². The highest BCUT2D eigenvalue weighted by atomic mass is 16.1. The third-order valence-corrected chi connectivity index (χ3v) is 2.97. The molecule has 5 nitrogen and oxygen atoms in total. The van der Waals surface area contributed by atoms with Gasteiger partial charge in [-0.25, -0.2) is 9.55 Å². The molecule has 0 fully saturated rings. The van der Waals surface area contributed by atoms with E-state index >= 15 is 0 Å². The van der Waals surface area contributed by atoms with Gasteiger partial charge in [0.05, 0.1) is 17.2 Å². The Hall–Kier alpha value is -2.69. The summed E-state index contributed by atoms with van der Waals surface area (Å²) in [5.74, 6) is 0.594. The highest BCUT2D eigenvalue weighted by Crippen LogP contribution is 2.05. The van der Waals surface area contributed by atoms with Crippen LogP contribution in [0.5, 0.6) is 0 Å². The summed E-state index contributed by atoms with van der Waals surface area (Å²) < 4.78 is 1.78. The lowest BCUT2D eigenvalue weighted by Gasteiger charge is -2.03. The lowest BCUT2D eigenvalue weighted by Crippen LogP contribution is -2.39. The fraction of sp³-hybridized carbons (Fsp3) is 0.0714. The molecule has 5 heteroatoms. The van der Waals surface area contributed by atoms with Crippen LogP contribution in [-0.2, 0) is 6.54 Å². The summed E-state index contributed by atoms with van der Waals surface area (Å²) in [5, 5.41) is 0. The molecule has 94 valence electrons. The molecule has 0 aliphatic rings. The third-order valence-electron chi connectivity index (χ3n) is 2.97. The van der Waals surface area contributed by atoms with E-state index in [4.69, 9.17) is 5.73 Å². The first-order valence-electron chi connectivity index (χ1n) is 5.96. The van der Waals surface area contributed by atoms with E-state index < -0.39 is 0 Å². The van der Waals surface area contributed by atoms with Crippen molar-refractivity contribution in [2.45, 2.75) is 6.54 Å². The van der Waals surface area contributed by atoms with Gasteiger partial charge in [-0.15, -0.1) is 0 Å². The average molecular weight is 253 g/mol. The lowest BCUT2D eigenvalue weighted by atomic mass is 10.3. The van der Waals surface area contributed by atoms with Crippen molar-refractivity contribution in [1.29, 1.82) is 0 Å². The minimum Gasteiger partial charge on any atom is -0.319 e. The minimum atomic E-state index is -0.186. The van der Waals surface area contributed by atoms with E-state index in [1.54, 1.807) is 10.6 Å². The molecule has 0 saturated carbocycles. The molecule has 0 saturated heterocycles. The average Bonchev–Trinajstić information content (AvgIpc) is 2.42. The molecule has 0 spiro atoms. The van der Waals surface area contributed by atoms with Crippen molar-refractivity contribution in [2.24, 2.45) is 0 Å². The third kappa shape index (κ3) is 2.18. The van der Waals surface area contributed by atoms with Crippen molar-refractivity contribution < 1.29 is 4.57 Å². The number of hydrogen-bond acceptors (Lipinski definition) is 3. The van der Waals surface area contributed by atoms with Crippen LogP contribution in [0.25, 0.3) is 11.0 Å². The largest absolute Gasteiger partial charge is 0.319 e. The molecule has 3 rings (SSSR count). The van der Waals surface area contributed by atoms with Crippen LogP contribution in [0.1, 0.15) is 5.69 Å². The number of benzene rings is 1. The summed E-state index contributed by atoms with van der Waals surface area (Å²) in [6, 6.07) is 13.0. The van der Waals surface area contributed by atoms with Crippen LogP contribution in [0.3, 0.4) is 0 Å². The first-order chi connectivity index (χ1) is 9.24. The predicted molar refractivity (Wildman–Crippen MR) is 72.5 cm³/mol.